The smallest absolute Gasteiger partial charge is 0.354 e. The van der Waals surface area contributed by atoms with Crippen LogP contribution in [0.1, 0.15) is 31.8 Å². The molecule has 3 aromatic rings. The van der Waals surface area contributed by atoms with Gasteiger partial charge in [-0.15, -0.1) is 0 Å². The van der Waals surface area contributed by atoms with Crippen molar-refractivity contribution in [1.29, 1.82) is 0 Å². The number of esters is 1. The highest BCUT2D eigenvalue weighted by Crippen LogP contribution is 2.20. The van der Waals surface area contributed by atoms with Crippen LogP contribution in [-0.2, 0) is 16.1 Å². The number of methoxy groups -OCH3 is 1. The summed E-state index contributed by atoms with van der Waals surface area (Å²) >= 11 is 3.30. The summed E-state index contributed by atoms with van der Waals surface area (Å²) in [4.78, 5) is 37.2. The Balaban J connectivity index is 1.71. The van der Waals surface area contributed by atoms with Crippen molar-refractivity contribution < 1.29 is 28.6 Å². The Morgan fingerprint density at radius 1 is 1.12 bits per heavy atom. The maximum absolute atomic E-state index is 12.7. The third-order valence-corrected chi connectivity index (χ3v) is 5.00. The van der Waals surface area contributed by atoms with Gasteiger partial charge in [0.05, 0.1) is 25.2 Å². The summed E-state index contributed by atoms with van der Waals surface area (Å²) in [7, 11) is 1.21. The number of ether oxygens (including phenoxy) is 1. The van der Waals surface area contributed by atoms with Gasteiger partial charge in [0.1, 0.15) is 11.4 Å². The fourth-order valence-corrected chi connectivity index (χ4v) is 3.32. The van der Waals surface area contributed by atoms with Gasteiger partial charge in [0.15, 0.2) is 0 Å². The molecule has 1 heterocycles. The van der Waals surface area contributed by atoms with Crippen molar-refractivity contribution in [2.45, 2.75) is 6.54 Å². The number of benzene rings is 2. The Morgan fingerprint density at radius 2 is 1.94 bits per heavy atom. The molecule has 164 valence electrons. The summed E-state index contributed by atoms with van der Waals surface area (Å²) in [5.74, 6) is -1.53. The lowest BCUT2D eigenvalue weighted by molar-refractivity contribution is -0.136. The highest BCUT2D eigenvalue weighted by atomic mass is 79.9. The lowest BCUT2D eigenvalue weighted by Gasteiger charge is -2.11. The first kappa shape index (κ1) is 22.8. The van der Waals surface area contributed by atoms with E-state index in [9.17, 15) is 19.5 Å². The predicted octanol–water partition coefficient (Wildman–Crippen LogP) is 3.62. The van der Waals surface area contributed by atoms with Crippen molar-refractivity contribution in [2.75, 3.05) is 7.11 Å². The normalized spacial score (nSPS) is 11.0. The van der Waals surface area contributed by atoms with Crippen molar-refractivity contribution in [1.82, 2.24) is 10.6 Å². The molecule has 0 aliphatic heterocycles. The summed E-state index contributed by atoms with van der Waals surface area (Å²) in [5, 5.41) is 14.8. The predicted molar refractivity (Wildman–Crippen MR) is 120 cm³/mol. The van der Waals surface area contributed by atoms with Gasteiger partial charge >= 0.3 is 5.97 Å². The van der Waals surface area contributed by atoms with Crippen LogP contribution >= 0.6 is 15.9 Å². The number of furan rings is 1. The van der Waals surface area contributed by atoms with E-state index in [2.05, 4.69) is 26.6 Å². The van der Waals surface area contributed by atoms with Gasteiger partial charge in [-0.05, 0) is 64.0 Å². The number of carbonyl (C=O) groups excluding carboxylic acids is 3. The van der Waals surface area contributed by atoms with Crippen LogP contribution in [0.3, 0.4) is 0 Å². The maximum atomic E-state index is 12.7. The Hall–Kier alpha value is -3.85. The molecule has 0 saturated carbocycles. The van der Waals surface area contributed by atoms with Crippen molar-refractivity contribution in [3.63, 3.8) is 0 Å². The van der Waals surface area contributed by atoms with Gasteiger partial charge in [-0.3, -0.25) is 9.59 Å². The summed E-state index contributed by atoms with van der Waals surface area (Å²) in [6.45, 7) is 0.231. The van der Waals surface area contributed by atoms with Crippen LogP contribution in [-0.4, -0.2) is 30.0 Å². The van der Waals surface area contributed by atoms with Crippen LogP contribution in [0.4, 0.5) is 0 Å². The fourth-order valence-electron chi connectivity index (χ4n) is 2.76. The van der Waals surface area contributed by atoms with Crippen molar-refractivity contribution in [2.24, 2.45) is 0 Å². The molecule has 8 nitrogen and oxygen atoms in total. The molecule has 3 N–H and O–H groups in total. The molecule has 0 aliphatic rings. The van der Waals surface area contributed by atoms with E-state index in [4.69, 9.17) is 9.15 Å². The zero-order valence-corrected chi connectivity index (χ0v) is 18.5. The van der Waals surface area contributed by atoms with E-state index < -0.39 is 11.9 Å². The molecule has 0 fully saturated rings. The average molecular weight is 499 g/mol. The number of nitrogens with one attached hydrogen (secondary N) is 2. The number of halogens is 1. The number of phenols is 1. The highest BCUT2D eigenvalue weighted by molar-refractivity contribution is 9.10. The number of rotatable bonds is 7. The minimum Gasteiger partial charge on any atom is -0.508 e. The van der Waals surface area contributed by atoms with Gasteiger partial charge in [0.2, 0.25) is 0 Å². The quantitative estimate of drug-likeness (QED) is 0.338. The Kier molecular flexibility index (Phi) is 7.45. The number of hydrogen-bond donors (Lipinski definition) is 3. The Bertz CT molecular complexity index is 1170. The number of amides is 2. The molecule has 32 heavy (non-hydrogen) atoms. The highest BCUT2D eigenvalue weighted by Gasteiger charge is 2.18. The van der Waals surface area contributed by atoms with Crippen LogP contribution in [0.2, 0.25) is 0 Å². The first-order chi connectivity index (χ1) is 15.4. The third-order valence-electron chi connectivity index (χ3n) is 4.35. The molecule has 0 bridgehead atoms. The minimum atomic E-state index is -0.724. The largest absolute Gasteiger partial charge is 0.508 e. The molecule has 0 radical (unpaired) electrons. The van der Waals surface area contributed by atoms with Gasteiger partial charge in [-0.25, -0.2) is 4.79 Å². The molecule has 2 amide bonds. The number of carbonyl (C=O) groups is 3. The number of hydrogen-bond acceptors (Lipinski definition) is 6. The molecule has 2 aromatic carbocycles. The average Bonchev–Trinajstić information content (AvgIpc) is 3.29. The molecule has 0 spiro atoms. The van der Waals surface area contributed by atoms with Gasteiger partial charge in [0, 0.05) is 22.1 Å². The van der Waals surface area contributed by atoms with E-state index in [0.717, 1.165) is 5.56 Å². The van der Waals surface area contributed by atoms with Gasteiger partial charge in [0.25, 0.3) is 11.8 Å². The molecule has 0 atom stereocenters. The molecular weight excluding hydrogens is 480 g/mol. The van der Waals surface area contributed by atoms with Crippen molar-refractivity contribution in [3.8, 4) is 5.75 Å². The third kappa shape index (κ3) is 5.86. The summed E-state index contributed by atoms with van der Waals surface area (Å²) < 4.78 is 10.0. The summed E-state index contributed by atoms with van der Waals surface area (Å²) in [6.07, 6.45) is 4.27. The molecule has 3 rings (SSSR count). The SMILES string of the molecule is COC(=O)/C(=C/c1ccoc1)NC(=O)c1ccc(C(=O)NCc2cccc(O)c2)cc1Br. The van der Waals surface area contributed by atoms with Crippen molar-refractivity contribution in [3.05, 3.63) is 93.5 Å². The van der Waals surface area contributed by atoms with E-state index in [-0.39, 0.29) is 29.5 Å². The first-order valence-corrected chi connectivity index (χ1v) is 10.2. The van der Waals surface area contributed by atoms with Crippen LogP contribution in [0, 0.1) is 0 Å². The standard InChI is InChI=1S/C23H19BrN2O6/c1-31-23(30)20(10-15-7-8-32-13-15)26-22(29)18-6-5-16(11-19(18)24)21(28)25-12-14-3-2-4-17(27)9-14/h2-11,13,27H,12H2,1H3,(H,25,28)(H,26,29)/b20-10-. The lowest BCUT2D eigenvalue weighted by atomic mass is 10.1. The Labute approximate surface area is 192 Å². The molecular formula is C23H19BrN2O6. The first-order valence-electron chi connectivity index (χ1n) is 9.36. The van der Waals surface area contributed by atoms with E-state index in [0.29, 0.717) is 15.6 Å². The number of aromatic hydroxyl groups is 1. The van der Waals surface area contributed by atoms with Crippen LogP contribution in [0.15, 0.2) is 75.6 Å². The zero-order chi connectivity index (χ0) is 23.1. The monoisotopic (exact) mass is 498 g/mol. The topological polar surface area (TPSA) is 118 Å². The van der Waals surface area contributed by atoms with Crippen LogP contribution in [0.25, 0.3) is 6.08 Å². The molecule has 1 aromatic heterocycles. The Morgan fingerprint density at radius 3 is 2.59 bits per heavy atom. The maximum Gasteiger partial charge on any atom is 0.354 e. The fraction of sp³-hybridized carbons (Fsp3) is 0.0870. The second-order valence-corrected chi connectivity index (χ2v) is 7.46. The van der Waals surface area contributed by atoms with E-state index in [1.54, 1.807) is 30.3 Å². The van der Waals surface area contributed by atoms with E-state index in [1.807, 2.05) is 0 Å². The minimum absolute atomic E-state index is 0.0706. The van der Waals surface area contributed by atoms with Gasteiger partial charge < -0.3 is 24.9 Å². The van der Waals surface area contributed by atoms with Gasteiger partial charge in [-0.1, -0.05) is 12.1 Å². The van der Waals surface area contributed by atoms with Crippen LogP contribution < -0.4 is 10.6 Å². The van der Waals surface area contributed by atoms with E-state index >= 15 is 0 Å². The van der Waals surface area contributed by atoms with Gasteiger partial charge in [-0.2, -0.15) is 0 Å². The molecule has 9 heteroatoms. The lowest BCUT2D eigenvalue weighted by Crippen LogP contribution is -2.28. The number of phenolic OH excluding ortho intramolecular Hbond substituents is 1. The second kappa shape index (κ2) is 10.5. The van der Waals surface area contributed by atoms with Crippen molar-refractivity contribution >= 4 is 39.8 Å². The zero-order valence-electron chi connectivity index (χ0n) is 16.9. The molecule has 0 unspecified atom stereocenters. The summed E-state index contributed by atoms with van der Waals surface area (Å²) in [5.41, 5.74) is 1.79. The molecule has 0 saturated heterocycles. The van der Waals surface area contributed by atoms with Crippen LogP contribution in [0.5, 0.6) is 5.75 Å². The summed E-state index contributed by atoms with van der Waals surface area (Å²) in [6, 6.07) is 12.6. The molecule has 0 aliphatic carbocycles. The second-order valence-electron chi connectivity index (χ2n) is 6.61. The van der Waals surface area contributed by atoms with E-state index in [1.165, 1.54) is 43.9 Å².